The molecule has 0 spiro atoms. The van der Waals surface area contributed by atoms with Gasteiger partial charge in [-0.15, -0.1) is 0 Å². The number of anilines is 1. The number of aromatic amines is 1. The van der Waals surface area contributed by atoms with Crippen LogP contribution in [-0.4, -0.2) is 20.2 Å². The molecule has 0 unspecified atom stereocenters. The fourth-order valence-corrected chi connectivity index (χ4v) is 2.16. The van der Waals surface area contributed by atoms with E-state index in [1.165, 1.54) is 12.3 Å². The van der Waals surface area contributed by atoms with Crippen LogP contribution in [0.2, 0.25) is 0 Å². The zero-order valence-electron chi connectivity index (χ0n) is 10.9. The average molecular weight is 293 g/mol. The van der Waals surface area contributed by atoms with Crippen molar-refractivity contribution in [3.05, 3.63) is 35.5 Å². The molecule has 0 aliphatic heterocycles. The number of aromatic nitrogens is 4. The van der Waals surface area contributed by atoms with Gasteiger partial charge in [-0.05, 0) is 24.6 Å². The maximum atomic E-state index is 12.7. The molecule has 0 atom stereocenters. The van der Waals surface area contributed by atoms with Crippen LogP contribution in [0.5, 0.6) is 0 Å². The molecule has 0 saturated carbocycles. The van der Waals surface area contributed by atoms with E-state index in [-0.39, 0.29) is 5.95 Å². The summed E-state index contributed by atoms with van der Waals surface area (Å²) in [5.41, 5.74) is 6.83. The Hall–Kier alpha value is -2.64. The molecule has 0 saturated heterocycles. The second-order valence-electron chi connectivity index (χ2n) is 4.59. The Balaban J connectivity index is 2.21. The van der Waals surface area contributed by atoms with Crippen LogP contribution in [0.15, 0.2) is 24.4 Å². The smallest absolute Gasteiger partial charge is 0.368 e. The van der Waals surface area contributed by atoms with Gasteiger partial charge >= 0.3 is 6.18 Å². The number of nitrogen functional groups attached to an aromatic ring is 1. The number of nitrogens with one attached hydrogen (secondary N) is 1. The van der Waals surface area contributed by atoms with Crippen molar-refractivity contribution >= 4 is 17.0 Å². The number of hydrogen-bond acceptors (Lipinski definition) is 4. The first-order valence-corrected chi connectivity index (χ1v) is 6.01. The molecule has 0 aliphatic rings. The number of halogens is 3. The fraction of sp³-hybridized carbons (Fsp3) is 0.154. The van der Waals surface area contributed by atoms with E-state index >= 15 is 0 Å². The van der Waals surface area contributed by atoms with Crippen LogP contribution in [0.1, 0.15) is 11.1 Å². The number of alkyl halides is 3. The van der Waals surface area contributed by atoms with Gasteiger partial charge in [-0.25, -0.2) is 4.98 Å². The highest BCUT2D eigenvalue weighted by Gasteiger charge is 2.30. The molecule has 3 N–H and O–H groups in total. The van der Waals surface area contributed by atoms with Gasteiger partial charge in [0.05, 0.1) is 22.8 Å². The van der Waals surface area contributed by atoms with Gasteiger partial charge < -0.3 is 5.73 Å². The maximum Gasteiger partial charge on any atom is 0.416 e. The Morgan fingerprint density at radius 3 is 2.62 bits per heavy atom. The van der Waals surface area contributed by atoms with Gasteiger partial charge in [0, 0.05) is 5.56 Å². The first-order chi connectivity index (χ1) is 9.86. The highest BCUT2D eigenvalue weighted by Crippen LogP contribution is 2.34. The first kappa shape index (κ1) is 13.3. The number of benzene rings is 1. The zero-order valence-corrected chi connectivity index (χ0v) is 10.9. The quantitative estimate of drug-likeness (QED) is 0.723. The van der Waals surface area contributed by atoms with Gasteiger partial charge in [-0.1, -0.05) is 6.07 Å². The molecular formula is C13H10F3N5. The lowest BCUT2D eigenvalue weighted by Gasteiger charge is -2.11. The molecule has 2 aromatic heterocycles. The lowest BCUT2D eigenvalue weighted by atomic mass is 10.0. The standard InChI is InChI=1S/C13H10F3N5/c1-6-4-7(13(14,15)16)2-3-8(6)10-9-5-18-21-11(9)20-12(17)19-10/h2-5H,1H3,(H3,17,18,19,20,21). The largest absolute Gasteiger partial charge is 0.416 e. The van der Waals surface area contributed by atoms with Crippen molar-refractivity contribution in [1.29, 1.82) is 0 Å². The second-order valence-corrected chi connectivity index (χ2v) is 4.59. The highest BCUT2D eigenvalue weighted by molar-refractivity contribution is 5.91. The third-order valence-electron chi connectivity index (χ3n) is 3.14. The molecule has 0 radical (unpaired) electrons. The number of nitrogens with zero attached hydrogens (tertiary/aromatic N) is 3. The summed E-state index contributed by atoms with van der Waals surface area (Å²) < 4.78 is 38.1. The Morgan fingerprint density at radius 1 is 1.19 bits per heavy atom. The normalized spacial score (nSPS) is 12.0. The van der Waals surface area contributed by atoms with E-state index in [2.05, 4.69) is 20.2 Å². The molecule has 5 nitrogen and oxygen atoms in total. The van der Waals surface area contributed by atoms with Crippen LogP contribution in [0.4, 0.5) is 19.1 Å². The predicted octanol–water partition coefficient (Wildman–Crippen LogP) is 2.93. The summed E-state index contributed by atoms with van der Waals surface area (Å²) in [5.74, 6) is 0.0287. The number of hydrogen-bond donors (Lipinski definition) is 2. The third kappa shape index (κ3) is 2.28. The van der Waals surface area contributed by atoms with Crippen molar-refractivity contribution in [3.63, 3.8) is 0 Å². The van der Waals surface area contributed by atoms with Crippen LogP contribution in [0, 0.1) is 6.92 Å². The lowest BCUT2D eigenvalue weighted by Crippen LogP contribution is -2.05. The van der Waals surface area contributed by atoms with Crippen molar-refractivity contribution < 1.29 is 13.2 Å². The molecule has 2 heterocycles. The molecule has 0 bridgehead atoms. The van der Waals surface area contributed by atoms with E-state index in [1.807, 2.05) is 0 Å². The van der Waals surface area contributed by atoms with Gasteiger partial charge in [0.25, 0.3) is 0 Å². The van der Waals surface area contributed by atoms with Crippen molar-refractivity contribution in [1.82, 2.24) is 20.2 Å². The summed E-state index contributed by atoms with van der Waals surface area (Å²) in [5, 5.41) is 7.12. The van der Waals surface area contributed by atoms with Crippen molar-refractivity contribution in [2.75, 3.05) is 5.73 Å². The van der Waals surface area contributed by atoms with Gasteiger partial charge in [0.1, 0.15) is 0 Å². The summed E-state index contributed by atoms with van der Waals surface area (Å²) in [6.45, 7) is 1.59. The third-order valence-corrected chi connectivity index (χ3v) is 3.14. The zero-order chi connectivity index (χ0) is 15.2. The van der Waals surface area contributed by atoms with E-state index < -0.39 is 11.7 Å². The molecule has 3 rings (SSSR count). The topological polar surface area (TPSA) is 80.5 Å². The molecule has 0 aliphatic carbocycles. The molecule has 21 heavy (non-hydrogen) atoms. The molecule has 3 aromatic rings. The Labute approximate surface area is 117 Å². The van der Waals surface area contributed by atoms with Crippen LogP contribution >= 0.6 is 0 Å². The summed E-state index contributed by atoms with van der Waals surface area (Å²) in [6, 6.07) is 3.48. The van der Waals surface area contributed by atoms with Crippen molar-refractivity contribution in [2.45, 2.75) is 13.1 Å². The predicted molar refractivity (Wildman–Crippen MR) is 71.3 cm³/mol. The minimum Gasteiger partial charge on any atom is -0.368 e. The SMILES string of the molecule is Cc1cc(C(F)(F)F)ccc1-c1nc(N)nc2[nH]ncc12. The molecule has 1 aromatic carbocycles. The van der Waals surface area contributed by atoms with E-state index in [1.54, 1.807) is 6.92 Å². The number of H-pyrrole nitrogens is 1. The minimum atomic E-state index is -4.38. The number of aryl methyl sites for hydroxylation is 1. The lowest BCUT2D eigenvalue weighted by molar-refractivity contribution is -0.137. The van der Waals surface area contributed by atoms with Crippen LogP contribution in [0.25, 0.3) is 22.3 Å². The van der Waals surface area contributed by atoms with Crippen LogP contribution in [-0.2, 0) is 6.18 Å². The summed E-state index contributed by atoms with van der Waals surface area (Å²) in [4.78, 5) is 8.10. The fourth-order valence-electron chi connectivity index (χ4n) is 2.16. The van der Waals surface area contributed by atoms with Crippen LogP contribution < -0.4 is 5.73 Å². The molecule has 0 amide bonds. The first-order valence-electron chi connectivity index (χ1n) is 6.01. The van der Waals surface area contributed by atoms with Gasteiger partial charge in [-0.2, -0.15) is 23.3 Å². The molecular weight excluding hydrogens is 283 g/mol. The van der Waals surface area contributed by atoms with Gasteiger partial charge in [-0.3, -0.25) is 5.10 Å². The minimum absolute atomic E-state index is 0.0287. The van der Waals surface area contributed by atoms with Gasteiger partial charge in [0.2, 0.25) is 5.95 Å². The van der Waals surface area contributed by atoms with Gasteiger partial charge in [0.15, 0.2) is 5.65 Å². The van der Waals surface area contributed by atoms with Crippen LogP contribution in [0.3, 0.4) is 0 Å². The van der Waals surface area contributed by atoms with Crippen molar-refractivity contribution in [3.8, 4) is 11.3 Å². The molecule has 0 fully saturated rings. The average Bonchev–Trinajstić information content (AvgIpc) is 2.84. The van der Waals surface area contributed by atoms with E-state index in [4.69, 9.17) is 5.73 Å². The number of nitrogens with two attached hydrogens (primary N) is 1. The monoisotopic (exact) mass is 293 g/mol. The molecule has 108 valence electrons. The second kappa shape index (κ2) is 4.44. The molecule has 8 heteroatoms. The summed E-state index contributed by atoms with van der Waals surface area (Å²) >= 11 is 0. The van der Waals surface area contributed by atoms with E-state index in [0.717, 1.165) is 12.1 Å². The number of rotatable bonds is 1. The Morgan fingerprint density at radius 2 is 1.95 bits per heavy atom. The maximum absolute atomic E-state index is 12.7. The van der Waals surface area contributed by atoms with Crippen molar-refractivity contribution in [2.24, 2.45) is 0 Å². The van der Waals surface area contributed by atoms with E-state index in [9.17, 15) is 13.2 Å². The summed E-state index contributed by atoms with van der Waals surface area (Å²) in [7, 11) is 0. The Kier molecular flexibility index (Phi) is 2.82. The number of fused-ring (bicyclic) bond motifs is 1. The summed E-state index contributed by atoms with van der Waals surface area (Å²) in [6.07, 6.45) is -2.86. The highest BCUT2D eigenvalue weighted by atomic mass is 19.4. The Bertz CT molecular complexity index is 822. The van der Waals surface area contributed by atoms with E-state index in [0.29, 0.717) is 27.9 Å².